The Balaban J connectivity index is 0.959. The second kappa shape index (κ2) is 13.3. The zero-order chi connectivity index (χ0) is 31.6. The van der Waals surface area contributed by atoms with Crippen molar-refractivity contribution in [1.82, 2.24) is 25.1 Å². The van der Waals surface area contributed by atoms with Crippen molar-refractivity contribution in [2.45, 2.75) is 56.9 Å². The van der Waals surface area contributed by atoms with Crippen molar-refractivity contribution in [3.63, 3.8) is 0 Å². The van der Waals surface area contributed by atoms with Crippen molar-refractivity contribution in [3.8, 4) is 22.3 Å². The van der Waals surface area contributed by atoms with Gasteiger partial charge < -0.3 is 20.7 Å². The summed E-state index contributed by atoms with van der Waals surface area (Å²) < 4.78 is 20.6. The van der Waals surface area contributed by atoms with Gasteiger partial charge >= 0.3 is 0 Å². The lowest BCUT2D eigenvalue weighted by Crippen LogP contribution is -2.45. The second-order valence-electron chi connectivity index (χ2n) is 12.9. The largest absolute Gasteiger partial charge is 0.383 e. The number of benzene rings is 2. The number of aromatic nitrogens is 2. The maximum Gasteiger partial charge on any atom is 0.255 e. The first kappa shape index (κ1) is 30.5. The monoisotopic (exact) mass is 620 g/mol. The van der Waals surface area contributed by atoms with Crippen LogP contribution >= 0.6 is 0 Å². The van der Waals surface area contributed by atoms with Crippen molar-refractivity contribution in [3.05, 3.63) is 101 Å². The van der Waals surface area contributed by atoms with Crippen LogP contribution in [-0.4, -0.2) is 71.0 Å². The van der Waals surface area contributed by atoms with Gasteiger partial charge in [0.15, 0.2) is 0 Å². The number of hydrogen-bond donors (Lipinski definition) is 2. The van der Waals surface area contributed by atoms with Crippen LogP contribution in [0.3, 0.4) is 0 Å². The summed E-state index contributed by atoms with van der Waals surface area (Å²) in [7, 11) is 2.21. The Morgan fingerprint density at radius 3 is 2.59 bits per heavy atom. The van der Waals surface area contributed by atoms with E-state index in [0.29, 0.717) is 18.2 Å². The summed E-state index contributed by atoms with van der Waals surface area (Å²) in [6.07, 6.45) is 7.71. The van der Waals surface area contributed by atoms with E-state index >= 15 is 0 Å². The van der Waals surface area contributed by atoms with Gasteiger partial charge in [0.25, 0.3) is 5.91 Å². The fourth-order valence-electron chi connectivity index (χ4n) is 7.23. The minimum atomic E-state index is -0.625. The van der Waals surface area contributed by atoms with Crippen LogP contribution < -0.4 is 11.1 Å². The van der Waals surface area contributed by atoms with E-state index < -0.39 is 5.95 Å². The number of nitrogens with zero attached hydrogens (tertiary/aromatic N) is 4. The zero-order valence-electron chi connectivity index (χ0n) is 26.3. The van der Waals surface area contributed by atoms with Gasteiger partial charge in [-0.2, -0.15) is 4.39 Å². The summed E-state index contributed by atoms with van der Waals surface area (Å²) in [5.74, 6) is -0.871. The molecule has 2 aromatic carbocycles. The van der Waals surface area contributed by atoms with Gasteiger partial charge in [-0.25, -0.2) is 9.97 Å². The number of anilines is 1. The molecule has 8 nitrogen and oxygen atoms in total. The number of aryl methyl sites for hydroxylation is 1. The topological polar surface area (TPSA) is 96.6 Å². The molecule has 0 spiro atoms. The smallest absolute Gasteiger partial charge is 0.255 e. The number of ether oxygens (including phenoxy) is 1. The van der Waals surface area contributed by atoms with Crippen molar-refractivity contribution in [1.29, 1.82) is 0 Å². The van der Waals surface area contributed by atoms with Crippen molar-refractivity contribution < 1.29 is 13.9 Å². The molecule has 2 aromatic heterocycles. The molecule has 7 rings (SSSR count). The molecular weight excluding hydrogens is 579 g/mol. The molecule has 1 saturated carbocycles. The molecule has 1 saturated heterocycles. The highest BCUT2D eigenvalue weighted by atomic mass is 19.1. The lowest BCUT2D eigenvalue weighted by Gasteiger charge is -2.36. The predicted molar refractivity (Wildman–Crippen MR) is 178 cm³/mol. The van der Waals surface area contributed by atoms with Crippen LogP contribution in [0, 0.1) is 5.95 Å². The molecule has 2 aliphatic carbocycles. The Bertz CT molecular complexity index is 1700. The van der Waals surface area contributed by atoms with Crippen LogP contribution in [0.1, 0.15) is 58.8 Å². The number of carbonyl (C=O) groups is 1. The minimum absolute atomic E-state index is 0.0966. The molecule has 9 heteroatoms. The lowest BCUT2D eigenvalue weighted by molar-refractivity contribution is 0.0272. The van der Waals surface area contributed by atoms with Crippen molar-refractivity contribution in [2.24, 2.45) is 0 Å². The number of nitrogens with two attached hydrogens (primary N) is 1. The van der Waals surface area contributed by atoms with Crippen LogP contribution in [0.4, 0.5) is 10.2 Å². The van der Waals surface area contributed by atoms with Crippen LogP contribution in [0.2, 0.25) is 0 Å². The standard InChI is InChI=1S/C37H41FN6O2/c1-43-16-18-44(19-17-43)33-14-12-27-20-26(11-13-29(27)33)25-9-7-24(8-10-25)23-46-34-6-2-5-32(34)42-37(45)31-21-28(22-41-36(31)39)30-4-3-15-40-35(30)38/h3-4,7-11,13,15,20-22,32-34H,2,5-6,12,14,16-19,23H2,1H3,(H2,39,41)(H,42,45)/t32-,33-,34-/m0/s1. The van der Waals surface area contributed by atoms with E-state index in [2.05, 4.69) is 74.6 Å². The van der Waals surface area contributed by atoms with E-state index in [4.69, 9.17) is 10.5 Å². The molecule has 3 atom stereocenters. The van der Waals surface area contributed by atoms with Crippen LogP contribution in [-0.2, 0) is 17.8 Å². The summed E-state index contributed by atoms with van der Waals surface area (Å²) in [6, 6.07) is 20.8. The Morgan fingerprint density at radius 2 is 1.78 bits per heavy atom. The van der Waals surface area contributed by atoms with Gasteiger partial charge in [0.2, 0.25) is 5.95 Å². The minimum Gasteiger partial charge on any atom is -0.383 e. The number of fused-ring (bicyclic) bond motifs is 1. The zero-order valence-corrected chi connectivity index (χ0v) is 26.3. The normalized spacial score (nSPS) is 21.7. The fraction of sp³-hybridized carbons (Fsp3) is 0.378. The number of carbonyl (C=O) groups excluding carboxylic acids is 1. The van der Waals surface area contributed by atoms with E-state index in [-0.39, 0.29) is 35.0 Å². The molecule has 4 aromatic rings. The number of halogens is 1. The summed E-state index contributed by atoms with van der Waals surface area (Å²) in [5.41, 5.74) is 13.5. The third kappa shape index (κ3) is 6.40. The van der Waals surface area contributed by atoms with Crippen LogP contribution in [0.25, 0.3) is 22.3 Å². The highest BCUT2D eigenvalue weighted by Gasteiger charge is 2.31. The number of rotatable bonds is 8. The molecule has 0 unspecified atom stereocenters. The fourth-order valence-corrected chi connectivity index (χ4v) is 7.23. The second-order valence-corrected chi connectivity index (χ2v) is 12.9. The molecule has 3 N–H and O–H groups in total. The molecule has 46 heavy (non-hydrogen) atoms. The number of amides is 1. The highest BCUT2D eigenvalue weighted by molar-refractivity contribution is 5.99. The predicted octanol–water partition coefficient (Wildman–Crippen LogP) is 5.63. The van der Waals surface area contributed by atoms with E-state index in [0.717, 1.165) is 57.4 Å². The summed E-state index contributed by atoms with van der Waals surface area (Å²) in [6.45, 7) is 5.06. The maximum absolute atomic E-state index is 14.3. The summed E-state index contributed by atoms with van der Waals surface area (Å²) in [4.78, 5) is 26.2. The van der Waals surface area contributed by atoms with Gasteiger partial charge in [-0.15, -0.1) is 0 Å². The van der Waals surface area contributed by atoms with Gasteiger partial charge in [-0.1, -0.05) is 42.5 Å². The Hall–Kier alpha value is -4.18. The van der Waals surface area contributed by atoms with Gasteiger partial charge in [0.05, 0.1) is 24.3 Å². The lowest BCUT2D eigenvalue weighted by atomic mass is 9.98. The van der Waals surface area contributed by atoms with Gasteiger partial charge in [0.1, 0.15) is 5.82 Å². The third-order valence-electron chi connectivity index (χ3n) is 9.92. The summed E-state index contributed by atoms with van der Waals surface area (Å²) in [5, 5.41) is 3.09. The highest BCUT2D eigenvalue weighted by Crippen LogP contribution is 2.38. The SMILES string of the molecule is CN1CCN([C@H]2CCc3cc(-c4ccc(CO[C@H]5CCC[C@@H]5NC(=O)c5cc(-c6cccnc6F)cnc5N)cc4)ccc32)CC1. The Kier molecular flexibility index (Phi) is 8.80. The van der Waals surface area contributed by atoms with Gasteiger partial charge in [-0.05, 0) is 85.2 Å². The summed E-state index contributed by atoms with van der Waals surface area (Å²) >= 11 is 0. The first-order valence-electron chi connectivity index (χ1n) is 16.4. The molecule has 0 bridgehead atoms. The Morgan fingerprint density at radius 1 is 0.978 bits per heavy atom. The molecule has 1 amide bonds. The molecule has 3 aliphatic rings. The Labute approximate surface area is 269 Å². The molecule has 2 fully saturated rings. The van der Waals surface area contributed by atoms with Crippen LogP contribution in [0.5, 0.6) is 0 Å². The quantitative estimate of drug-likeness (QED) is 0.247. The van der Waals surface area contributed by atoms with Gasteiger partial charge in [0, 0.05) is 55.7 Å². The number of piperazine rings is 1. The van der Waals surface area contributed by atoms with E-state index in [9.17, 15) is 9.18 Å². The van der Waals surface area contributed by atoms with Gasteiger partial charge in [-0.3, -0.25) is 9.69 Å². The van der Waals surface area contributed by atoms with Crippen molar-refractivity contribution >= 4 is 11.7 Å². The first-order chi connectivity index (χ1) is 22.4. The van der Waals surface area contributed by atoms with E-state index in [1.165, 1.54) is 41.1 Å². The van der Waals surface area contributed by atoms with E-state index in [1.54, 1.807) is 18.2 Å². The number of nitrogen functional groups attached to an aromatic ring is 1. The van der Waals surface area contributed by atoms with Crippen molar-refractivity contribution in [2.75, 3.05) is 39.0 Å². The number of pyridine rings is 2. The average Bonchev–Trinajstić information content (AvgIpc) is 3.71. The molecule has 238 valence electrons. The molecule has 1 aliphatic heterocycles. The van der Waals surface area contributed by atoms with Crippen LogP contribution in [0.15, 0.2) is 73.1 Å². The third-order valence-corrected chi connectivity index (χ3v) is 9.92. The number of likely N-dealkylation sites (N-methyl/N-ethyl adjacent to an activating group) is 1. The van der Waals surface area contributed by atoms with E-state index in [1.807, 2.05) is 0 Å². The first-order valence-corrected chi connectivity index (χ1v) is 16.4. The molecule has 3 heterocycles. The average molecular weight is 621 g/mol. The number of nitrogens with one attached hydrogen (secondary N) is 1. The number of hydrogen-bond acceptors (Lipinski definition) is 7. The molecule has 0 radical (unpaired) electrons. The molecular formula is C37H41FN6O2. The maximum atomic E-state index is 14.3.